The highest BCUT2D eigenvalue weighted by Crippen LogP contribution is 2.14. The molecule has 5 nitrogen and oxygen atoms in total. The van der Waals surface area contributed by atoms with Crippen LogP contribution in [-0.2, 0) is 9.59 Å². The molecule has 1 aromatic rings. The van der Waals surface area contributed by atoms with Gasteiger partial charge in [-0.15, -0.1) is 11.3 Å². The lowest BCUT2D eigenvalue weighted by molar-refractivity contribution is -0.137. The number of carboxylic acid groups (broad SMARTS) is 1. The van der Waals surface area contributed by atoms with Crippen molar-refractivity contribution in [1.82, 2.24) is 5.32 Å². The molecule has 0 aliphatic carbocycles. The molecule has 1 amide bonds. The second-order valence-electron chi connectivity index (χ2n) is 5.23. The van der Waals surface area contributed by atoms with E-state index in [0.717, 1.165) is 0 Å². The summed E-state index contributed by atoms with van der Waals surface area (Å²) in [4.78, 5) is 34.7. The lowest BCUT2D eigenvalue weighted by atomic mass is 9.98. The predicted molar refractivity (Wildman–Crippen MR) is 77.0 cm³/mol. The molecule has 1 heterocycles. The number of carboxylic acids is 1. The minimum Gasteiger partial charge on any atom is -0.481 e. The van der Waals surface area contributed by atoms with Crippen molar-refractivity contribution in [3.05, 3.63) is 22.4 Å². The largest absolute Gasteiger partial charge is 0.481 e. The average molecular weight is 297 g/mol. The van der Waals surface area contributed by atoms with Crippen LogP contribution in [0.15, 0.2) is 17.5 Å². The Labute approximate surface area is 122 Å². The number of ketones is 1. The number of Topliss-reactive ketones (excluding diaryl/α,β-unsaturated/α-hetero) is 1. The van der Waals surface area contributed by atoms with Gasteiger partial charge in [0.2, 0.25) is 5.91 Å². The van der Waals surface area contributed by atoms with Crippen molar-refractivity contribution < 1.29 is 19.5 Å². The number of hydrogen-bond acceptors (Lipinski definition) is 4. The Bertz CT molecular complexity index is 479. The fourth-order valence-electron chi connectivity index (χ4n) is 1.71. The Morgan fingerprint density at radius 2 is 1.95 bits per heavy atom. The van der Waals surface area contributed by atoms with Crippen LogP contribution in [0.2, 0.25) is 0 Å². The van der Waals surface area contributed by atoms with Gasteiger partial charge in [0.1, 0.15) is 0 Å². The highest BCUT2D eigenvalue weighted by Gasteiger charge is 2.21. The molecule has 110 valence electrons. The maximum atomic E-state index is 11.8. The molecular formula is C14H19NO4S. The van der Waals surface area contributed by atoms with Gasteiger partial charge in [-0.1, -0.05) is 6.07 Å². The van der Waals surface area contributed by atoms with Gasteiger partial charge >= 0.3 is 5.97 Å². The molecule has 2 N–H and O–H groups in total. The van der Waals surface area contributed by atoms with E-state index in [2.05, 4.69) is 5.32 Å². The first-order valence-electron chi connectivity index (χ1n) is 6.40. The predicted octanol–water partition coefficient (Wildman–Crippen LogP) is 2.47. The number of nitrogens with one attached hydrogen (secondary N) is 1. The molecule has 0 aromatic carbocycles. The molecule has 20 heavy (non-hydrogen) atoms. The molecule has 0 bridgehead atoms. The maximum Gasteiger partial charge on any atom is 0.303 e. The van der Waals surface area contributed by atoms with E-state index >= 15 is 0 Å². The van der Waals surface area contributed by atoms with Crippen LogP contribution in [0.3, 0.4) is 0 Å². The van der Waals surface area contributed by atoms with Gasteiger partial charge in [0.25, 0.3) is 0 Å². The third-order valence-electron chi connectivity index (χ3n) is 2.82. The fourth-order valence-corrected chi connectivity index (χ4v) is 2.40. The number of thiophene rings is 1. The number of aliphatic carboxylic acids is 1. The van der Waals surface area contributed by atoms with Gasteiger partial charge in [0.15, 0.2) is 5.78 Å². The van der Waals surface area contributed by atoms with E-state index in [0.29, 0.717) is 11.3 Å². The van der Waals surface area contributed by atoms with E-state index in [1.807, 2.05) is 5.38 Å². The van der Waals surface area contributed by atoms with E-state index in [1.165, 1.54) is 11.3 Å². The summed E-state index contributed by atoms with van der Waals surface area (Å²) in [5, 5.41) is 13.2. The van der Waals surface area contributed by atoms with Crippen molar-refractivity contribution in [1.29, 1.82) is 0 Å². The third kappa shape index (κ3) is 5.97. The highest BCUT2D eigenvalue weighted by atomic mass is 32.1. The molecule has 0 saturated carbocycles. The van der Waals surface area contributed by atoms with Gasteiger partial charge in [0.05, 0.1) is 4.88 Å². The van der Waals surface area contributed by atoms with E-state index < -0.39 is 11.5 Å². The number of hydrogen-bond donors (Lipinski definition) is 2. The molecule has 0 spiro atoms. The summed E-state index contributed by atoms with van der Waals surface area (Å²) in [6.45, 7) is 3.55. The Hall–Kier alpha value is -1.69. The zero-order valence-corrected chi connectivity index (χ0v) is 12.5. The first kappa shape index (κ1) is 16.4. The molecule has 0 unspecified atom stereocenters. The van der Waals surface area contributed by atoms with Crippen molar-refractivity contribution >= 4 is 29.0 Å². The topological polar surface area (TPSA) is 83.5 Å². The van der Waals surface area contributed by atoms with Crippen molar-refractivity contribution in [2.75, 3.05) is 0 Å². The summed E-state index contributed by atoms with van der Waals surface area (Å²) >= 11 is 1.36. The van der Waals surface area contributed by atoms with E-state index in [1.54, 1.807) is 26.0 Å². The number of rotatable bonds is 8. The van der Waals surface area contributed by atoms with Crippen molar-refractivity contribution in [2.24, 2.45) is 0 Å². The molecule has 0 radical (unpaired) electrons. The van der Waals surface area contributed by atoms with Crippen LogP contribution in [0.25, 0.3) is 0 Å². The molecular weight excluding hydrogens is 278 g/mol. The normalized spacial score (nSPS) is 11.1. The van der Waals surface area contributed by atoms with E-state index in [9.17, 15) is 14.4 Å². The second-order valence-corrected chi connectivity index (χ2v) is 6.17. The van der Waals surface area contributed by atoms with Crippen molar-refractivity contribution in [3.8, 4) is 0 Å². The second kappa shape index (κ2) is 7.19. The molecule has 0 saturated heterocycles. The minimum absolute atomic E-state index is 0.00139. The molecule has 0 fully saturated rings. The standard InChI is InChI=1S/C14H19NO4S/c1-14(2,8-7-13(18)19)15-12(17)6-5-10(16)11-4-3-9-20-11/h3-4,9H,5-8H2,1-2H3,(H,15,17)(H,18,19). The number of carbonyl (C=O) groups is 3. The summed E-state index contributed by atoms with van der Waals surface area (Å²) in [6.07, 6.45) is 0.642. The first-order chi connectivity index (χ1) is 9.30. The van der Waals surface area contributed by atoms with Crippen LogP contribution in [0.5, 0.6) is 0 Å². The van der Waals surface area contributed by atoms with Crippen LogP contribution < -0.4 is 5.32 Å². The Morgan fingerprint density at radius 1 is 1.25 bits per heavy atom. The lowest BCUT2D eigenvalue weighted by Crippen LogP contribution is -2.43. The van der Waals surface area contributed by atoms with Gasteiger partial charge in [-0.2, -0.15) is 0 Å². The van der Waals surface area contributed by atoms with E-state index in [-0.39, 0.29) is 31.0 Å². The third-order valence-corrected chi connectivity index (χ3v) is 3.73. The van der Waals surface area contributed by atoms with Crippen molar-refractivity contribution in [2.45, 2.75) is 45.1 Å². The number of carbonyl (C=O) groups excluding carboxylic acids is 2. The molecule has 0 aliphatic heterocycles. The molecule has 1 rings (SSSR count). The van der Waals surface area contributed by atoms with Crippen LogP contribution >= 0.6 is 11.3 Å². The van der Waals surface area contributed by atoms with Crippen LogP contribution in [0.1, 0.15) is 49.2 Å². The van der Waals surface area contributed by atoms with Gasteiger partial charge < -0.3 is 10.4 Å². The molecule has 0 atom stereocenters. The summed E-state index contributed by atoms with van der Waals surface area (Å²) in [7, 11) is 0. The average Bonchev–Trinajstić information content (AvgIpc) is 2.87. The van der Waals surface area contributed by atoms with Crippen LogP contribution in [-0.4, -0.2) is 28.3 Å². The zero-order valence-electron chi connectivity index (χ0n) is 11.6. The summed E-state index contributed by atoms with van der Waals surface area (Å²) < 4.78 is 0. The van der Waals surface area contributed by atoms with Gasteiger partial charge in [-0.25, -0.2) is 0 Å². The van der Waals surface area contributed by atoms with Crippen LogP contribution in [0, 0.1) is 0 Å². The van der Waals surface area contributed by atoms with Crippen molar-refractivity contribution in [3.63, 3.8) is 0 Å². The van der Waals surface area contributed by atoms with E-state index in [4.69, 9.17) is 5.11 Å². The number of amides is 1. The zero-order chi connectivity index (χ0) is 15.2. The van der Waals surface area contributed by atoms with Gasteiger partial charge in [-0.3, -0.25) is 14.4 Å². The molecule has 6 heteroatoms. The summed E-state index contributed by atoms with van der Waals surface area (Å²) in [5.74, 6) is -1.16. The Kier molecular flexibility index (Phi) is 5.88. The quantitative estimate of drug-likeness (QED) is 0.722. The monoisotopic (exact) mass is 297 g/mol. The molecule has 0 aliphatic rings. The Morgan fingerprint density at radius 3 is 2.50 bits per heavy atom. The SMILES string of the molecule is CC(C)(CCC(=O)O)NC(=O)CCC(=O)c1cccs1. The first-order valence-corrected chi connectivity index (χ1v) is 7.28. The van der Waals surface area contributed by atoms with Gasteiger partial charge in [-0.05, 0) is 31.7 Å². The lowest BCUT2D eigenvalue weighted by Gasteiger charge is -2.25. The maximum absolute atomic E-state index is 11.8. The van der Waals surface area contributed by atoms with Gasteiger partial charge in [0, 0.05) is 24.8 Å². The minimum atomic E-state index is -0.889. The smallest absolute Gasteiger partial charge is 0.303 e. The highest BCUT2D eigenvalue weighted by molar-refractivity contribution is 7.12. The summed E-state index contributed by atoms with van der Waals surface area (Å²) in [5.41, 5.74) is -0.582. The summed E-state index contributed by atoms with van der Waals surface area (Å²) in [6, 6.07) is 3.54. The van der Waals surface area contributed by atoms with Crippen LogP contribution in [0.4, 0.5) is 0 Å². The Balaban J connectivity index is 2.36. The molecule has 1 aromatic heterocycles. The fraction of sp³-hybridized carbons (Fsp3) is 0.500.